The lowest BCUT2D eigenvalue weighted by Gasteiger charge is -2.02. The highest BCUT2D eigenvalue weighted by Crippen LogP contribution is 2.05. The van der Waals surface area contributed by atoms with E-state index in [1.165, 1.54) is 19.1 Å². The number of carbonyl (C=O) groups excluding carboxylic acids is 2. The lowest BCUT2D eigenvalue weighted by atomic mass is 10.1. The molecule has 0 aliphatic heterocycles. The van der Waals surface area contributed by atoms with E-state index in [2.05, 4.69) is 0 Å². The van der Waals surface area contributed by atoms with Crippen molar-refractivity contribution in [1.29, 1.82) is 0 Å². The molecule has 1 atom stereocenters. The Bertz CT molecular complexity index is 311. The van der Waals surface area contributed by atoms with Gasteiger partial charge in [-0.2, -0.15) is 0 Å². The molecule has 0 heterocycles. The van der Waals surface area contributed by atoms with Gasteiger partial charge in [0.05, 0.1) is 0 Å². The number of aliphatic hydroxyl groups is 1. The maximum absolute atomic E-state index is 11.2. The second-order valence-corrected chi connectivity index (χ2v) is 2.78. The zero-order valence-corrected chi connectivity index (χ0v) is 7.23. The summed E-state index contributed by atoms with van der Waals surface area (Å²) in [4.78, 5) is 21.5. The molecule has 13 heavy (non-hydrogen) atoms. The monoisotopic (exact) mass is 178 g/mol. The highest BCUT2D eigenvalue weighted by molar-refractivity contribution is 5.99. The van der Waals surface area contributed by atoms with E-state index in [1.54, 1.807) is 12.1 Å². The molecule has 0 aromatic heterocycles. The molecule has 68 valence electrons. The van der Waals surface area contributed by atoms with Crippen LogP contribution in [0.3, 0.4) is 0 Å². The molecule has 0 bridgehead atoms. The van der Waals surface area contributed by atoms with Crippen LogP contribution in [0.15, 0.2) is 24.3 Å². The lowest BCUT2D eigenvalue weighted by molar-refractivity contribution is 0.0779. The average Bonchev–Trinajstić information content (AvgIpc) is 2.17. The minimum Gasteiger partial charge on any atom is -0.385 e. The zero-order chi connectivity index (χ0) is 9.84. The summed E-state index contributed by atoms with van der Waals surface area (Å²) in [6, 6.07) is 6.14. The molecular weight excluding hydrogens is 168 g/mol. The van der Waals surface area contributed by atoms with E-state index >= 15 is 0 Å². The molecule has 3 heteroatoms. The van der Waals surface area contributed by atoms with Gasteiger partial charge in [-0.3, -0.25) is 9.59 Å². The molecule has 0 saturated heterocycles. The van der Waals surface area contributed by atoms with Gasteiger partial charge in [-0.15, -0.1) is 0 Å². The summed E-state index contributed by atoms with van der Waals surface area (Å²) in [6.45, 7) is 1.41. The van der Waals surface area contributed by atoms with Crippen LogP contribution in [-0.4, -0.2) is 23.3 Å². The normalized spacial score (nSPS) is 12.2. The standard InChI is InChI=1S/C10H10O3/c1-7(12)10(13)9-4-2-8(6-11)3-5-9/h2-7,12H,1H3/t7-/m0/s1. The van der Waals surface area contributed by atoms with Gasteiger partial charge >= 0.3 is 0 Å². The highest BCUT2D eigenvalue weighted by atomic mass is 16.3. The summed E-state index contributed by atoms with van der Waals surface area (Å²) in [5.41, 5.74) is 0.933. The van der Waals surface area contributed by atoms with Crippen molar-refractivity contribution in [2.45, 2.75) is 13.0 Å². The minimum absolute atomic E-state index is 0.336. The molecule has 0 unspecified atom stereocenters. The molecular formula is C10H10O3. The molecule has 1 rings (SSSR count). The van der Waals surface area contributed by atoms with Crippen LogP contribution in [-0.2, 0) is 0 Å². The van der Waals surface area contributed by atoms with Crippen LogP contribution in [0.25, 0.3) is 0 Å². The molecule has 1 aromatic carbocycles. The van der Waals surface area contributed by atoms with E-state index in [-0.39, 0.29) is 5.78 Å². The molecule has 0 fully saturated rings. The predicted molar refractivity (Wildman–Crippen MR) is 47.8 cm³/mol. The van der Waals surface area contributed by atoms with Gasteiger partial charge in [0, 0.05) is 11.1 Å². The van der Waals surface area contributed by atoms with Crippen molar-refractivity contribution in [3.8, 4) is 0 Å². The molecule has 0 aliphatic rings. The van der Waals surface area contributed by atoms with Crippen molar-refractivity contribution < 1.29 is 14.7 Å². The number of benzene rings is 1. The van der Waals surface area contributed by atoms with Crippen molar-refractivity contribution in [1.82, 2.24) is 0 Å². The Morgan fingerprint density at radius 1 is 1.38 bits per heavy atom. The first kappa shape index (κ1) is 9.61. The Balaban J connectivity index is 2.92. The van der Waals surface area contributed by atoms with Crippen LogP contribution in [0.1, 0.15) is 27.6 Å². The van der Waals surface area contributed by atoms with E-state index in [4.69, 9.17) is 5.11 Å². The number of Topliss-reactive ketones (excluding diaryl/α,β-unsaturated/α-hetero) is 1. The van der Waals surface area contributed by atoms with Gasteiger partial charge in [0.15, 0.2) is 5.78 Å². The molecule has 0 amide bonds. The maximum atomic E-state index is 11.2. The first-order valence-corrected chi connectivity index (χ1v) is 3.92. The third-order valence-electron chi connectivity index (χ3n) is 1.71. The Morgan fingerprint density at radius 3 is 2.31 bits per heavy atom. The van der Waals surface area contributed by atoms with E-state index < -0.39 is 6.10 Å². The van der Waals surface area contributed by atoms with Crippen molar-refractivity contribution in [2.75, 3.05) is 0 Å². The molecule has 0 aliphatic carbocycles. The Labute approximate surface area is 76.0 Å². The predicted octanol–water partition coefficient (Wildman–Crippen LogP) is 1.06. The minimum atomic E-state index is -0.998. The van der Waals surface area contributed by atoms with Gasteiger partial charge in [0.2, 0.25) is 0 Å². The highest BCUT2D eigenvalue weighted by Gasteiger charge is 2.10. The SMILES string of the molecule is C[C@H](O)C(=O)c1ccc(C=O)cc1. The second-order valence-electron chi connectivity index (χ2n) is 2.78. The third kappa shape index (κ3) is 2.23. The Hall–Kier alpha value is -1.48. The van der Waals surface area contributed by atoms with Gasteiger partial charge < -0.3 is 5.11 Å². The van der Waals surface area contributed by atoms with Crippen LogP contribution in [0.4, 0.5) is 0 Å². The number of carbonyl (C=O) groups is 2. The number of aldehydes is 1. The fourth-order valence-corrected chi connectivity index (χ4v) is 0.967. The summed E-state index contributed by atoms with van der Waals surface area (Å²) in [7, 11) is 0. The topological polar surface area (TPSA) is 54.4 Å². The smallest absolute Gasteiger partial charge is 0.190 e. The van der Waals surface area contributed by atoms with Gasteiger partial charge in [0.25, 0.3) is 0 Å². The van der Waals surface area contributed by atoms with E-state index in [0.29, 0.717) is 17.4 Å². The number of ketones is 1. The number of aliphatic hydroxyl groups excluding tert-OH is 1. The summed E-state index contributed by atoms with van der Waals surface area (Å²) in [6.07, 6.45) is -0.293. The number of hydrogen-bond acceptors (Lipinski definition) is 3. The number of rotatable bonds is 3. The average molecular weight is 178 g/mol. The van der Waals surface area contributed by atoms with Crippen LogP contribution in [0, 0.1) is 0 Å². The quantitative estimate of drug-likeness (QED) is 0.556. The molecule has 1 aromatic rings. The first-order chi connectivity index (χ1) is 6.15. The van der Waals surface area contributed by atoms with Crippen LogP contribution in [0.2, 0.25) is 0 Å². The van der Waals surface area contributed by atoms with Crippen molar-refractivity contribution in [3.63, 3.8) is 0 Å². The van der Waals surface area contributed by atoms with E-state index in [1.807, 2.05) is 0 Å². The summed E-state index contributed by atoms with van der Waals surface area (Å²) >= 11 is 0. The molecule has 0 radical (unpaired) electrons. The van der Waals surface area contributed by atoms with Gasteiger partial charge in [-0.25, -0.2) is 0 Å². The second kappa shape index (κ2) is 3.96. The van der Waals surface area contributed by atoms with Crippen molar-refractivity contribution >= 4 is 12.1 Å². The lowest BCUT2D eigenvalue weighted by Crippen LogP contribution is -2.15. The van der Waals surface area contributed by atoms with E-state index in [0.717, 1.165) is 0 Å². The molecule has 0 spiro atoms. The molecule has 1 N–H and O–H groups in total. The third-order valence-corrected chi connectivity index (χ3v) is 1.71. The summed E-state index contributed by atoms with van der Waals surface area (Å²) in [5, 5.41) is 8.98. The van der Waals surface area contributed by atoms with Gasteiger partial charge in [-0.1, -0.05) is 24.3 Å². The Morgan fingerprint density at radius 2 is 1.92 bits per heavy atom. The van der Waals surface area contributed by atoms with Crippen molar-refractivity contribution in [2.24, 2.45) is 0 Å². The van der Waals surface area contributed by atoms with Crippen LogP contribution < -0.4 is 0 Å². The summed E-state index contributed by atoms with van der Waals surface area (Å²) in [5.74, 6) is -0.336. The van der Waals surface area contributed by atoms with Crippen molar-refractivity contribution in [3.05, 3.63) is 35.4 Å². The maximum Gasteiger partial charge on any atom is 0.190 e. The van der Waals surface area contributed by atoms with E-state index in [9.17, 15) is 9.59 Å². The van der Waals surface area contributed by atoms with Gasteiger partial charge in [0.1, 0.15) is 12.4 Å². The molecule has 3 nitrogen and oxygen atoms in total. The largest absolute Gasteiger partial charge is 0.385 e. The Kier molecular flexibility index (Phi) is 2.93. The van der Waals surface area contributed by atoms with Gasteiger partial charge in [-0.05, 0) is 6.92 Å². The summed E-state index contributed by atoms with van der Waals surface area (Å²) < 4.78 is 0. The number of hydrogen-bond donors (Lipinski definition) is 1. The van der Waals surface area contributed by atoms with Crippen LogP contribution >= 0.6 is 0 Å². The fourth-order valence-electron chi connectivity index (χ4n) is 0.967. The fraction of sp³-hybridized carbons (Fsp3) is 0.200. The first-order valence-electron chi connectivity index (χ1n) is 3.92. The zero-order valence-electron chi connectivity index (χ0n) is 7.23. The molecule has 0 saturated carbocycles. The van der Waals surface area contributed by atoms with Crippen LogP contribution in [0.5, 0.6) is 0 Å².